The van der Waals surface area contributed by atoms with Gasteiger partial charge in [-0.25, -0.2) is 0 Å². The number of hydrogen-bond donors (Lipinski definition) is 2. The molecule has 0 saturated heterocycles. The Hall–Kier alpha value is -0.870. The lowest BCUT2D eigenvalue weighted by Gasteiger charge is -2.14. The van der Waals surface area contributed by atoms with E-state index < -0.39 is 0 Å². The topological polar surface area (TPSA) is 58.3 Å². The molecule has 0 spiro atoms. The van der Waals surface area contributed by atoms with Crippen LogP contribution in [0.3, 0.4) is 0 Å². The van der Waals surface area contributed by atoms with Gasteiger partial charge >= 0.3 is 0 Å². The third-order valence-electron chi connectivity index (χ3n) is 2.01. The Balaban J connectivity index is 2.35. The summed E-state index contributed by atoms with van der Waals surface area (Å²) in [5, 5.41) is 16.2. The van der Waals surface area contributed by atoms with E-state index in [9.17, 15) is 5.11 Å². The molecule has 1 rings (SSSR count). The largest absolute Gasteiger partial charge is 0.392 e. The minimum Gasteiger partial charge on any atom is -0.392 e. The van der Waals surface area contributed by atoms with Gasteiger partial charge in [0.2, 0.25) is 0 Å². The molecule has 13 heavy (non-hydrogen) atoms. The Bertz CT molecular complexity index is 258. The molecule has 0 saturated carbocycles. The molecule has 0 bridgehead atoms. The van der Waals surface area contributed by atoms with Crippen LogP contribution in [-0.4, -0.2) is 22.4 Å². The van der Waals surface area contributed by atoms with E-state index in [1.165, 1.54) is 0 Å². The van der Waals surface area contributed by atoms with E-state index in [0.717, 1.165) is 11.5 Å². The standard InChI is InChI=1S/C9H16N2O2/c1-6-4-9(11-13-6)5-10-7(2)8(3)12/h4,7-8,10,12H,5H2,1-3H3. The lowest BCUT2D eigenvalue weighted by atomic mass is 10.2. The van der Waals surface area contributed by atoms with Crippen LogP contribution in [0.2, 0.25) is 0 Å². The molecular formula is C9H16N2O2. The molecule has 0 fully saturated rings. The van der Waals surface area contributed by atoms with Crippen LogP contribution in [0.15, 0.2) is 10.6 Å². The number of aliphatic hydroxyl groups is 1. The van der Waals surface area contributed by atoms with Crippen molar-refractivity contribution in [2.24, 2.45) is 0 Å². The first-order valence-corrected chi connectivity index (χ1v) is 4.43. The molecule has 1 aromatic rings. The number of hydrogen-bond acceptors (Lipinski definition) is 4. The first kappa shape index (κ1) is 10.2. The maximum atomic E-state index is 9.20. The quantitative estimate of drug-likeness (QED) is 0.728. The molecule has 2 N–H and O–H groups in total. The Morgan fingerprint density at radius 3 is 2.77 bits per heavy atom. The predicted molar refractivity (Wildman–Crippen MR) is 49.2 cm³/mol. The number of aryl methyl sites for hydroxylation is 1. The van der Waals surface area contributed by atoms with Crippen molar-refractivity contribution in [2.75, 3.05) is 0 Å². The van der Waals surface area contributed by atoms with Crippen LogP contribution in [0.25, 0.3) is 0 Å². The fourth-order valence-corrected chi connectivity index (χ4v) is 0.937. The monoisotopic (exact) mass is 184 g/mol. The van der Waals surface area contributed by atoms with Gasteiger partial charge in [0.05, 0.1) is 11.8 Å². The Kier molecular flexibility index (Phi) is 3.45. The van der Waals surface area contributed by atoms with Crippen molar-refractivity contribution < 1.29 is 9.63 Å². The fraction of sp³-hybridized carbons (Fsp3) is 0.667. The third-order valence-corrected chi connectivity index (χ3v) is 2.01. The Morgan fingerprint density at radius 2 is 2.31 bits per heavy atom. The second-order valence-corrected chi connectivity index (χ2v) is 3.34. The van der Waals surface area contributed by atoms with E-state index in [-0.39, 0.29) is 12.1 Å². The summed E-state index contributed by atoms with van der Waals surface area (Å²) >= 11 is 0. The van der Waals surface area contributed by atoms with Gasteiger partial charge in [0, 0.05) is 18.7 Å². The molecule has 4 heteroatoms. The molecule has 1 aromatic heterocycles. The minimum absolute atomic E-state index is 0.0667. The van der Waals surface area contributed by atoms with Crippen molar-refractivity contribution in [2.45, 2.75) is 39.5 Å². The zero-order valence-corrected chi connectivity index (χ0v) is 8.24. The first-order valence-electron chi connectivity index (χ1n) is 4.43. The molecule has 2 unspecified atom stereocenters. The number of nitrogens with zero attached hydrogens (tertiary/aromatic N) is 1. The maximum absolute atomic E-state index is 9.20. The molecule has 0 aliphatic heterocycles. The highest BCUT2D eigenvalue weighted by Gasteiger charge is 2.08. The smallest absolute Gasteiger partial charge is 0.133 e. The van der Waals surface area contributed by atoms with Crippen molar-refractivity contribution in [3.05, 3.63) is 17.5 Å². The van der Waals surface area contributed by atoms with E-state index in [1.54, 1.807) is 6.92 Å². The summed E-state index contributed by atoms with van der Waals surface area (Å²) in [5.41, 5.74) is 0.866. The molecular weight excluding hydrogens is 168 g/mol. The fourth-order valence-electron chi connectivity index (χ4n) is 0.937. The van der Waals surface area contributed by atoms with Crippen molar-refractivity contribution in [3.63, 3.8) is 0 Å². The van der Waals surface area contributed by atoms with Crippen LogP contribution >= 0.6 is 0 Å². The molecule has 0 aliphatic carbocycles. The van der Waals surface area contributed by atoms with Crippen molar-refractivity contribution >= 4 is 0 Å². The second-order valence-electron chi connectivity index (χ2n) is 3.34. The minimum atomic E-state index is -0.354. The molecule has 0 aliphatic rings. The van der Waals surface area contributed by atoms with Crippen LogP contribution < -0.4 is 5.32 Å². The van der Waals surface area contributed by atoms with Crippen LogP contribution in [-0.2, 0) is 6.54 Å². The zero-order chi connectivity index (χ0) is 9.84. The van der Waals surface area contributed by atoms with Gasteiger partial charge in [-0.15, -0.1) is 0 Å². The van der Waals surface area contributed by atoms with Crippen LogP contribution in [0.4, 0.5) is 0 Å². The van der Waals surface area contributed by atoms with Gasteiger partial charge < -0.3 is 14.9 Å². The lowest BCUT2D eigenvalue weighted by molar-refractivity contribution is 0.151. The molecule has 1 heterocycles. The highest BCUT2D eigenvalue weighted by molar-refractivity contribution is 5.03. The van der Waals surface area contributed by atoms with Gasteiger partial charge in [-0.3, -0.25) is 0 Å². The molecule has 0 aromatic carbocycles. The molecule has 0 amide bonds. The Labute approximate surface area is 77.9 Å². The summed E-state index contributed by atoms with van der Waals surface area (Å²) < 4.78 is 4.90. The summed E-state index contributed by atoms with van der Waals surface area (Å²) in [6.07, 6.45) is -0.354. The van der Waals surface area contributed by atoms with Crippen molar-refractivity contribution in [1.29, 1.82) is 0 Å². The van der Waals surface area contributed by atoms with Crippen LogP contribution in [0.1, 0.15) is 25.3 Å². The summed E-state index contributed by atoms with van der Waals surface area (Å²) in [6.45, 7) is 6.17. The van der Waals surface area contributed by atoms with Gasteiger partial charge in [0.15, 0.2) is 0 Å². The number of aromatic nitrogens is 1. The van der Waals surface area contributed by atoms with Crippen molar-refractivity contribution in [3.8, 4) is 0 Å². The number of rotatable bonds is 4. The van der Waals surface area contributed by atoms with E-state index in [2.05, 4.69) is 10.5 Å². The highest BCUT2D eigenvalue weighted by atomic mass is 16.5. The summed E-state index contributed by atoms with van der Waals surface area (Å²) in [7, 11) is 0. The van der Waals surface area contributed by atoms with E-state index >= 15 is 0 Å². The first-order chi connectivity index (χ1) is 6.09. The average molecular weight is 184 g/mol. The van der Waals surface area contributed by atoms with Gasteiger partial charge in [0.1, 0.15) is 5.76 Å². The SMILES string of the molecule is Cc1cc(CNC(C)C(C)O)no1. The summed E-state index contributed by atoms with van der Waals surface area (Å²) in [4.78, 5) is 0. The van der Waals surface area contributed by atoms with Gasteiger partial charge in [0.25, 0.3) is 0 Å². The van der Waals surface area contributed by atoms with E-state index in [1.807, 2.05) is 19.9 Å². The Morgan fingerprint density at radius 1 is 1.62 bits per heavy atom. The van der Waals surface area contributed by atoms with Gasteiger partial charge in [-0.05, 0) is 20.8 Å². The lowest BCUT2D eigenvalue weighted by Crippen LogP contribution is -2.34. The second kappa shape index (κ2) is 4.39. The molecule has 74 valence electrons. The number of nitrogens with one attached hydrogen (secondary N) is 1. The average Bonchev–Trinajstić information content (AvgIpc) is 2.47. The molecule has 0 radical (unpaired) electrons. The van der Waals surface area contributed by atoms with E-state index in [0.29, 0.717) is 6.54 Å². The van der Waals surface area contributed by atoms with E-state index in [4.69, 9.17) is 4.52 Å². The van der Waals surface area contributed by atoms with Gasteiger partial charge in [-0.2, -0.15) is 0 Å². The normalized spacial score (nSPS) is 15.7. The van der Waals surface area contributed by atoms with Gasteiger partial charge in [-0.1, -0.05) is 5.16 Å². The van der Waals surface area contributed by atoms with Crippen LogP contribution in [0.5, 0.6) is 0 Å². The summed E-state index contributed by atoms with van der Waals surface area (Å²) in [6, 6.07) is 1.94. The highest BCUT2D eigenvalue weighted by Crippen LogP contribution is 2.01. The maximum Gasteiger partial charge on any atom is 0.133 e. The third kappa shape index (κ3) is 3.16. The number of aliphatic hydroxyl groups excluding tert-OH is 1. The molecule has 4 nitrogen and oxygen atoms in total. The summed E-state index contributed by atoms with van der Waals surface area (Å²) in [5.74, 6) is 0.807. The van der Waals surface area contributed by atoms with Crippen LogP contribution in [0, 0.1) is 6.92 Å². The molecule has 2 atom stereocenters. The predicted octanol–water partition coefficient (Wildman–Crippen LogP) is 0.842. The zero-order valence-electron chi connectivity index (χ0n) is 8.24. The van der Waals surface area contributed by atoms with Crippen molar-refractivity contribution in [1.82, 2.24) is 10.5 Å².